The molecule has 1 aliphatic rings. The van der Waals surface area contributed by atoms with Crippen LogP contribution in [0.5, 0.6) is 0 Å². The molecule has 0 aliphatic carbocycles. The highest BCUT2D eigenvalue weighted by Crippen LogP contribution is 2.30. The van der Waals surface area contributed by atoms with E-state index in [1.165, 1.54) is 16.9 Å². The molecule has 6 nitrogen and oxygen atoms in total. The summed E-state index contributed by atoms with van der Waals surface area (Å²) in [6, 6.07) is 7.86. The molecule has 0 atom stereocenters. The highest BCUT2D eigenvalue weighted by molar-refractivity contribution is 7.17. The van der Waals surface area contributed by atoms with E-state index in [0.29, 0.717) is 4.88 Å². The first kappa shape index (κ1) is 17.9. The van der Waals surface area contributed by atoms with E-state index in [-0.39, 0.29) is 5.91 Å². The molecule has 4 rings (SSSR count). The lowest BCUT2D eigenvalue weighted by Crippen LogP contribution is -2.48. The number of nitrogens with zero attached hydrogens (tertiary/aromatic N) is 4. The third-order valence-corrected chi connectivity index (χ3v) is 5.89. The Balaban J connectivity index is 1.40. The number of thiazole rings is 1. The quantitative estimate of drug-likeness (QED) is 0.692. The molecule has 1 amide bonds. The molecule has 0 spiro atoms. The summed E-state index contributed by atoms with van der Waals surface area (Å²) in [5.41, 5.74) is 1.97. The van der Waals surface area contributed by atoms with E-state index < -0.39 is 0 Å². The van der Waals surface area contributed by atoms with Gasteiger partial charge in [0.25, 0.3) is 5.91 Å². The molecule has 1 aliphatic heterocycles. The van der Waals surface area contributed by atoms with Crippen molar-refractivity contribution < 1.29 is 9.21 Å². The van der Waals surface area contributed by atoms with Gasteiger partial charge in [-0.25, -0.2) is 4.98 Å². The number of carbonyl (C=O) groups excluding carboxylic acids is 1. The molecule has 0 bridgehead atoms. The fraction of sp³-hybridized carbons (Fsp3) is 0.350. The number of aromatic nitrogens is 2. The molecule has 1 fully saturated rings. The summed E-state index contributed by atoms with van der Waals surface area (Å²) < 4.78 is 5.64. The molecule has 0 N–H and O–H groups in total. The van der Waals surface area contributed by atoms with Crippen LogP contribution in [-0.2, 0) is 6.54 Å². The van der Waals surface area contributed by atoms with Crippen LogP contribution in [0.2, 0.25) is 0 Å². The first-order chi connectivity index (χ1) is 13.1. The zero-order chi connectivity index (χ0) is 18.8. The molecule has 7 heteroatoms. The average molecular weight is 382 g/mol. The van der Waals surface area contributed by atoms with E-state index in [4.69, 9.17) is 4.42 Å². The van der Waals surface area contributed by atoms with Gasteiger partial charge in [-0.3, -0.25) is 14.7 Å². The van der Waals surface area contributed by atoms with Gasteiger partial charge in [0.1, 0.15) is 10.6 Å². The van der Waals surface area contributed by atoms with Gasteiger partial charge in [-0.1, -0.05) is 6.07 Å². The van der Waals surface area contributed by atoms with Crippen molar-refractivity contribution in [2.75, 3.05) is 26.2 Å². The van der Waals surface area contributed by atoms with Crippen LogP contribution >= 0.6 is 11.3 Å². The summed E-state index contributed by atoms with van der Waals surface area (Å²) in [7, 11) is 0. The smallest absolute Gasteiger partial charge is 0.265 e. The number of carbonyl (C=O) groups is 1. The van der Waals surface area contributed by atoms with Crippen LogP contribution < -0.4 is 0 Å². The Labute approximate surface area is 162 Å². The minimum Gasteiger partial charge on any atom is -0.459 e. The number of rotatable bonds is 4. The summed E-state index contributed by atoms with van der Waals surface area (Å²) >= 11 is 1.41. The van der Waals surface area contributed by atoms with E-state index >= 15 is 0 Å². The second kappa shape index (κ2) is 7.62. The number of amides is 1. The second-order valence-corrected chi connectivity index (χ2v) is 7.77. The maximum absolute atomic E-state index is 13.0. The summed E-state index contributed by atoms with van der Waals surface area (Å²) in [6.45, 7) is 7.85. The van der Waals surface area contributed by atoms with Gasteiger partial charge in [-0.15, -0.1) is 11.3 Å². The van der Waals surface area contributed by atoms with Crippen LogP contribution in [-0.4, -0.2) is 51.9 Å². The predicted octanol–water partition coefficient (Wildman–Crippen LogP) is 3.37. The first-order valence-electron chi connectivity index (χ1n) is 9.05. The second-order valence-electron chi connectivity index (χ2n) is 6.77. The molecule has 3 aromatic rings. The molecule has 1 saturated heterocycles. The molecule has 0 radical (unpaired) electrons. The van der Waals surface area contributed by atoms with E-state index in [1.807, 2.05) is 43.1 Å². The van der Waals surface area contributed by atoms with Gasteiger partial charge in [-0.05, 0) is 37.6 Å². The van der Waals surface area contributed by atoms with Gasteiger partial charge in [0.2, 0.25) is 0 Å². The molecule has 0 unspecified atom stereocenters. The SMILES string of the molecule is Cc1ccc(-c2nc(C)c(C(=O)N3CCN(Cc4cccnc4)CC3)s2)o1. The fourth-order valence-electron chi connectivity index (χ4n) is 3.25. The molecule has 140 valence electrons. The van der Waals surface area contributed by atoms with E-state index in [1.54, 1.807) is 6.20 Å². The number of hydrogen-bond acceptors (Lipinski definition) is 6. The number of furan rings is 1. The lowest BCUT2D eigenvalue weighted by Gasteiger charge is -2.34. The molecule has 0 saturated carbocycles. The summed E-state index contributed by atoms with van der Waals surface area (Å²) in [6.07, 6.45) is 3.69. The third-order valence-electron chi connectivity index (χ3n) is 4.73. The molecule has 3 aromatic heterocycles. The van der Waals surface area contributed by atoms with Crippen molar-refractivity contribution in [3.8, 4) is 10.8 Å². The highest BCUT2D eigenvalue weighted by Gasteiger charge is 2.26. The standard InChI is InChI=1S/C20H22N4O2S/c1-14-5-6-17(26-14)19-22-15(2)18(27-19)20(25)24-10-8-23(9-11-24)13-16-4-3-7-21-12-16/h3-7,12H,8-11,13H2,1-2H3. The lowest BCUT2D eigenvalue weighted by atomic mass is 10.2. The van der Waals surface area contributed by atoms with E-state index in [0.717, 1.165) is 54.9 Å². The summed E-state index contributed by atoms with van der Waals surface area (Å²) in [4.78, 5) is 26.7. The minimum absolute atomic E-state index is 0.0700. The predicted molar refractivity (Wildman–Crippen MR) is 105 cm³/mol. The van der Waals surface area contributed by atoms with Crippen molar-refractivity contribution in [3.05, 3.63) is 58.6 Å². The lowest BCUT2D eigenvalue weighted by molar-refractivity contribution is 0.0632. The van der Waals surface area contributed by atoms with Crippen molar-refractivity contribution in [1.82, 2.24) is 19.8 Å². The van der Waals surface area contributed by atoms with Gasteiger partial charge >= 0.3 is 0 Å². The number of pyridine rings is 1. The largest absolute Gasteiger partial charge is 0.459 e. The van der Waals surface area contributed by atoms with Gasteiger partial charge in [0, 0.05) is 45.1 Å². The van der Waals surface area contributed by atoms with Gasteiger partial charge in [-0.2, -0.15) is 0 Å². The Bertz CT molecular complexity index is 927. The summed E-state index contributed by atoms with van der Waals surface area (Å²) in [5.74, 6) is 1.64. The third kappa shape index (κ3) is 3.94. The normalized spacial score (nSPS) is 15.3. The van der Waals surface area contributed by atoms with Crippen molar-refractivity contribution >= 4 is 17.2 Å². The number of aryl methyl sites for hydroxylation is 2. The molecular weight excluding hydrogens is 360 g/mol. The van der Waals surface area contributed by atoms with Crippen LogP contribution in [0.15, 0.2) is 41.1 Å². The molecule has 0 aromatic carbocycles. The van der Waals surface area contributed by atoms with Crippen molar-refractivity contribution in [3.63, 3.8) is 0 Å². The van der Waals surface area contributed by atoms with E-state index in [2.05, 4.69) is 20.9 Å². The molecular formula is C20H22N4O2S. The maximum Gasteiger partial charge on any atom is 0.265 e. The topological polar surface area (TPSA) is 62.5 Å². The molecule has 27 heavy (non-hydrogen) atoms. The Morgan fingerprint density at radius 1 is 1.19 bits per heavy atom. The Morgan fingerprint density at radius 3 is 2.67 bits per heavy atom. The number of piperazine rings is 1. The number of hydrogen-bond donors (Lipinski definition) is 0. The van der Waals surface area contributed by atoms with Crippen molar-refractivity contribution in [1.29, 1.82) is 0 Å². The van der Waals surface area contributed by atoms with Gasteiger partial charge < -0.3 is 9.32 Å². The monoisotopic (exact) mass is 382 g/mol. The van der Waals surface area contributed by atoms with Crippen LogP contribution in [0.3, 0.4) is 0 Å². The maximum atomic E-state index is 13.0. The van der Waals surface area contributed by atoms with Crippen molar-refractivity contribution in [2.24, 2.45) is 0 Å². The Hall–Kier alpha value is -2.51. The van der Waals surface area contributed by atoms with Crippen LogP contribution in [0.1, 0.15) is 26.7 Å². The van der Waals surface area contributed by atoms with Gasteiger partial charge in [0.15, 0.2) is 10.8 Å². The fourth-order valence-corrected chi connectivity index (χ4v) is 4.25. The molecule has 4 heterocycles. The summed E-state index contributed by atoms with van der Waals surface area (Å²) in [5, 5.41) is 0.763. The van der Waals surface area contributed by atoms with Gasteiger partial charge in [0.05, 0.1) is 5.69 Å². The van der Waals surface area contributed by atoms with Crippen molar-refractivity contribution in [2.45, 2.75) is 20.4 Å². The Morgan fingerprint density at radius 2 is 2.00 bits per heavy atom. The highest BCUT2D eigenvalue weighted by atomic mass is 32.1. The first-order valence-corrected chi connectivity index (χ1v) is 9.86. The van der Waals surface area contributed by atoms with Crippen LogP contribution in [0.4, 0.5) is 0 Å². The average Bonchev–Trinajstić information content (AvgIpc) is 3.28. The van der Waals surface area contributed by atoms with E-state index in [9.17, 15) is 4.79 Å². The minimum atomic E-state index is 0.0700. The Kier molecular flexibility index (Phi) is 5.05. The van der Waals surface area contributed by atoms with Crippen LogP contribution in [0, 0.1) is 13.8 Å². The van der Waals surface area contributed by atoms with Crippen LogP contribution in [0.25, 0.3) is 10.8 Å². The zero-order valence-electron chi connectivity index (χ0n) is 15.5. The zero-order valence-corrected chi connectivity index (χ0v) is 16.3.